The molecular weight excluding hydrogens is 422 g/mol. The van der Waals surface area contributed by atoms with Crippen LogP contribution in [0.25, 0.3) is 0 Å². The summed E-state index contributed by atoms with van der Waals surface area (Å²) in [4.78, 5) is 33.9. The number of rotatable bonds is 3. The van der Waals surface area contributed by atoms with Gasteiger partial charge in [-0.3, -0.25) is 14.5 Å². The molecule has 172 valence electrons. The monoisotopic (exact) mass is 451 g/mol. The summed E-state index contributed by atoms with van der Waals surface area (Å²) in [6.45, 7) is 4.72. The topological polar surface area (TPSA) is 43.9 Å². The second-order valence-electron chi connectivity index (χ2n) is 9.54. The maximum Gasteiger partial charge on any atom is 0.254 e. The van der Waals surface area contributed by atoms with Gasteiger partial charge in [0.15, 0.2) is 0 Å². The molecule has 0 spiro atoms. The fraction of sp³-hybridized carbons (Fsp3) is 0.310. The van der Waals surface area contributed by atoms with Crippen molar-refractivity contribution in [2.24, 2.45) is 0 Å². The minimum atomic E-state index is -0.365. The number of hydrogen-bond acceptors (Lipinski definition) is 3. The van der Waals surface area contributed by atoms with Crippen LogP contribution in [0.5, 0.6) is 0 Å². The normalized spacial score (nSPS) is 22.1. The zero-order chi connectivity index (χ0) is 23.1. The van der Waals surface area contributed by atoms with E-state index in [1.165, 1.54) is 11.1 Å². The van der Waals surface area contributed by atoms with E-state index in [-0.39, 0.29) is 23.8 Å². The summed E-state index contributed by atoms with van der Waals surface area (Å²) in [6.07, 6.45) is 0.833. The lowest BCUT2D eigenvalue weighted by atomic mass is 9.75. The van der Waals surface area contributed by atoms with E-state index in [1.54, 1.807) is 0 Å². The van der Waals surface area contributed by atoms with Crippen LogP contribution >= 0.6 is 0 Å². The highest BCUT2D eigenvalue weighted by atomic mass is 16.2. The first-order valence-corrected chi connectivity index (χ1v) is 12.2. The maximum atomic E-state index is 14.1. The average molecular weight is 452 g/mol. The van der Waals surface area contributed by atoms with Gasteiger partial charge in [0.2, 0.25) is 5.91 Å². The van der Waals surface area contributed by atoms with Gasteiger partial charge in [-0.05, 0) is 34.7 Å². The summed E-state index contributed by atoms with van der Waals surface area (Å²) >= 11 is 0. The van der Waals surface area contributed by atoms with Crippen LogP contribution in [-0.4, -0.2) is 59.2 Å². The third-order valence-electron chi connectivity index (χ3n) is 7.63. The lowest BCUT2D eigenvalue weighted by Gasteiger charge is -2.47. The highest BCUT2D eigenvalue weighted by Gasteiger charge is 2.47. The van der Waals surface area contributed by atoms with Crippen LogP contribution in [0, 0.1) is 0 Å². The molecule has 3 aromatic rings. The summed E-state index contributed by atoms with van der Waals surface area (Å²) in [6, 6.07) is 26.3. The van der Waals surface area contributed by atoms with Crippen molar-refractivity contribution < 1.29 is 9.59 Å². The van der Waals surface area contributed by atoms with Crippen molar-refractivity contribution in [1.29, 1.82) is 0 Å². The Morgan fingerprint density at radius 2 is 1.44 bits per heavy atom. The second kappa shape index (κ2) is 8.73. The summed E-state index contributed by atoms with van der Waals surface area (Å²) in [5.74, 6) is -0.172. The van der Waals surface area contributed by atoms with E-state index in [4.69, 9.17) is 0 Å². The Balaban J connectivity index is 1.29. The van der Waals surface area contributed by atoms with Crippen molar-refractivity contribution in [3.05, 3.63) is 107 Å². The Morgan fingerprint density at radius 1 is 0.765 bits per heavy atom. The van der Waals surface area contributed by atoms with Crippen molar-refractivity contribution in [3.63, 3.8) is 0 Å². The lowest BCUT2D eigenvalue weighted by Crippen LogP contribution is -2.54. The number of benzene rings is 3. The van der Waals surface area contributed by atoms with Crippen molar-refractivity contribution in [2.75, 3.05) is 32.7 Å². The van der Waals surface area contributed by atoms with Gasteiger partial charge >= 0.3 is 0 Å². The van der Waals surface area contributed by atoms with Gasteiger partial charge in [0, 0.05) is 44.8 Å². The Morgan fingerprint density at radius 3 is 2.24 bits per heavy atom. The standard InChI is InChI=1S/C29H29N3O2/c33-28-25-13-7-6-12-24(25)26(27-23-11-5-4-10-22(23)14-15-32(27)28)29(34)31-18-16-30(17-19-31)20-21-8-2-1-3-9-21/h1-13,26-27H,14-20H2/t26-,27+/m1/s1. The molecule has 0 N–H and O–H groups in total. The number of fused-ring (bicyclic) bond motifs is 4. The van der Waals surface area contributed by atoms with Gasteiger partial charge in [-0.25, -0.2) is 0 Å². The van der Waals surface area contributed by atoms with Crippen molar-refractivity contribution in [1.82, 2.24) is 14.7 Å². The Bertz CT molecular complexity index is 1220. The molecule has 3 aliphatic rings. The maximum absolute atomic E-state index is 14.1. The Kier molecular flexibility index (Phi) is 5.42. The van der Waals surface area contributed by atoms with Crippen molar-refractivity contribution >= 4 is 11.8 Å². The largest absolute Gasteiger partial charge is 0.340 e. The molecule has 34 heavy (non-hydrogen) atoms. The molecule has 6 rings (SSSR count). The molecule has 3 heterocycles. The summed E-state index contributed by atoms with van der Waals surface area (Å²) in [5.41, 5.74) is 5.23. The fourth-order valence-corrected chi connectivity index (χ4v) is 5.91. The third-order valence-corrected chi connectivity index (χ3v) is 7.63. The van der Waals surface area contributed by atoms with Gasteiger partial charge in [-0.1, -0.05) is 72.8 Å². The fourth-order valence-electron chi connectivity index (χ4n) is 5.91. The van der Waals surface area contributed by atoms with E-state index < -0.39 is 0 Å². The molecule has 0 aliphatic carbocycles. The molecule has 5 heteroatoms. The zero-order valence-electron chi connectivity index (χ0n) is 19.3. The van der Waals surface area contributed by atoms with E-state index in [1.807, 2.05) is 46.2 Å². The van der Waals surface area contributed by atoms with Crippen molar-refractivity contribution in [3.8, 4) is 0 Å². The van der Waals surface area contributed by atoms with Crippen LogP contribution in [0.4, 0.5) is 0 Å². The van der Waals surface area contributed by atoms with Crippen LogP contribution in [0.15, 0.2) is 78.9 Å². The molecule has 0 saturated carbocycles. The third kappa shape index (κ3) is 3.61. The highest BCUT2D eigenvalue weighted by Crippen LogP contribution is 2.46. The summed E-state index contributed by atoms with van der Waals surface area (Å²) < 4.78 is 0. The van der Waals surface area contributed by atoms with Gasteiger partial charge in [0.1, 0.15) is 0 Å². The van der Waals surface area contributed by atoms with Crippen LogP contribution < -0.4 is 0 Å². The number of amides is 2. The molecule has 1 saturated heterocycles. The van der Waals surface area contributed by atoms with Gasteiger partial charge < -0.3 is 9.80 Å². The van der Waals surface area contributed by atoms with E-state index in [2.05, 4.69) is 47.4 Å². The Labute approximate surface area is 200 Å². The van der Waals surface area contributed by atoms with Crippen molar-refractivity contribution in [2.45, 2.75) is 24.9 Å². The van der Waals surface area contributed by atoms with Crippen LogP contribution in [0.3, 0.4) is 0 Å². The first-order valence-electron chi connectivity index (χ1n) is 12.2. The number of carbonyl (C=O) groups excluding carboxylic acids is 2. The molecule has 0 radical (unpaired) electrons. The molecule has 2 amide bonds. The number of nitrogens with zero attached hydrogens (tertiary/aromatic N) is 3. The van der Waals surface area contributed by atoms with Gasteiger partial charge in [0.05, 0.1) is 12.0 Å². The highest BCUT2D eigenvalue weighted by molar-refractivity contribution is 6.01. The van der Waals surface area contributed by atoms with Gasteiger partial charge in [0.25, 0.3) is 5.91 Å². The molecule has 5 nitrogen and oxygen atoms in total. The molecule has 3 aliphatic heterocycles. The smallest absolute Gasteiger partial charge is 0.254 e. The second-order valence-corrected chi connectivity index (χ2v) is 9.54. The molecule has 3 aromatic carbocycles. The van der Waals surface area contributed by atoms with Crippen LogP contribution in [0.1, 0.15) is 44.6 Å². The first kappa shape index (κ1) is 21.1. The number of piperazine rings is 1. The molecule has 1 fully saturated rings. The SMILES string of the molecule is O=C([C@@H]1c2ccccc2C(=O)N2CCc3ccccc3[C@@H]12)N1CCN(Cc2ccccc2)CC1. The summed E-state index contributed by atoms with van der Waals surface area (Å²) in [7, 11) is 0. The quantitative estimate of drug-likeness (QED) is 0.607. The molecular formula is C29H29N3O2. The van der Waals surface area contributed by atoms with Crippen LogP contribution in [-0.2, 0) is 17.8 Å². The number of hydrogen-bond donors (Lipinski definition) is 0. The van der Waals surface area contributed by atoms with E-state index >= 15 is 0 Å². The van der Waals surface area contributed by atoms with Gasteiger partial charge in [-0.15, -0.1) is 0 Å². The minimum Gasteiger partial charge on any atom is -0.340 e. The van der Waals surface area contributed by atoms with E-state index in [0.717, 1.165) is 37.2 Å². The summed E-state index contributed by atoms with van der Waals surface area (Å²) in [5, 5.41) is 0. The van der Waals surface area contributed by atoms with E-state index in [9.17, 15) is 9.59 Å². The lowest BCUT2D eigenvalue weighted by molar-refractivity contribution is -0.136. The average Bonchev–Trinajstić information content (AvgIpc) is 2.89. The van der Waals surface area contributed by atoms with Crippen LogP contribution in [0.2, 0.25) is 0 Å². The zero-order valence-corrected chi connectivity index (χ0v) is 19.3. The number of carbonyl (C=O) groups is 2. The molecule has 2 atom stereocenters. The first-order chi connectivity index (χ1) is 16.7. The molecule has 0 aromatic heterocycles. The van der Waals surface area contributed by atoms with Gasteiger partial charge in [-0.2, -0.15) is 0 Å². The predicted molar refractivity (Wildman–Crippen MR) is 131 cm³/mol. The predicted octanol–water partition coefficient (Wildman–Crippen LogP) is 3.87. The minimum absolute atomic E-state index is 0.0480. The Hall–Kier alpha value is -3.44. The molecule has 0 unspecified atom stereocenters. The molecule has 0 bridgehead atoms. The van der Waals surface area contributed by atoms with E-state index in [0.29, 0.717) is 25.2 Å².